The van der Waals surface area contributed by atoms with Crippen molar-refractivity contribution in [3.05, 3.63) is 29.3 Å². The molecule has 1 aliphatic rings. The molecule has 1 heterocycles. The quantitative estimate of drug-likeness (QED) is 0.822. The summed E-state index contributed by atoms with van der Waals surface area (Å²) in [5.74, 6) is 1.16. The van der Waals surface area contributed by atoms with Crippen LogP contribution in [0.5, 0.6) is 0 Å². The number of para-hydroxylation sites is 1. The second-order valence-corrected chi connectivity index (χ2v) is 4.22. The lowest BCUT2D eigenvalue weighted by Crippen LogP contribution is -2.12. The zero-order chi connectivity index (χ0) is 11.4. The van der Waals surface area contributed by atoms with Gasteiger partial charge in [0.2, 0.25) is 0 Å². The summed E-state index contributed by atoms with van der Waals surface area (Å²) >= 11 is 0. The van der Waals surface area contributed by atoms with Crippen molar-refractivity contribution in [1.82, 2.24) is 0 Å². The molecule has 1 aromatic rings. The first-order valence-corrected chi connectivity index (χ1v) is 6.26. The van der Waals surface area contributed by atoms with Crippen molar-refractivity contribution >= 4 is 11.5 Å². The van der Waals surface area contributed by atoms with Crippen molar-refractivity contribution in [1.29, 1.82) is 0 Å². The third-order valence-electron chi connectivity index (χ3n) is 3.14. The molecule has 0 saturated carbocycles. The van der Waals surface area contributed by atoms with Gasteiger partial charge < -0.3 is 5.32 Å². The summed E-state index contributed by atoms with van der Waals surface area (Å²) in [6.45, 7) is 5.39. The van der Waals surface area contributed by atoms with Crippen LogP contribution in [0.4, 0.5) is 5.69 Å². The number of rotatable bonds is 3. The van der Waals surface area contributed by atoms with E-state index in [4.69, 9.17) is 0 Å². The zero-order valence-corrected chi connectivity index (χ0v) is 10.2. The molecule has 0 saturated heterocycles. The Morgan fingerprint density at radius 3 is 2.38 bits per heavy atom. The molecule has 0 amide bonds. The molecule has 0 aliphatic carbocycles. The molecule has 0 radical (unpaired) electrons. The summed E-state index contributed by atoms with van der Waals surface area (Å²) < 4.78 is 0. The molecule has 0 unspecified atom stereocenters. The Kier molecular flexibility index (Phi) is 3.60. The maximum atomic E-state index is 4.49. The topological polar surface area (TPSA) is 24.4 Å². The first kappa shape index (κ1) is 11.2. The maximum absolute atomic E-state index is 4.49. The molecular formula is C14H20N2. The van der Waals surface area contributed by atoms with Gasteiger partial charge >= 0.3 is 0 Å². The van der Waals surface area contributed by atoms with E-state index in [1.165, 1.54) is 23.2 Å². The summed E-state index contributed by atoms with van der Waals surface area (Å²) in [5, 5.41) is 3.53. The highest BCUT2D eigenvalue weighted by molar-refractivity contribution is 5.97. The SMILES string of the molecule is CCc1cccc(CC)c1NC1=NCCC1. The van der Waals surface area contributed by atoms with E-state index in [9.17, 15) is 0 Å². The number of nitrogens with one attached hydrogen (secondary N) is 1. The number of benzene rings is 1. The van der Waals surface area contributed by atoms with Crippen LogP contribution in [-0.4, -0.2) is 12.4 Å². The van der Waals surface area contributed by atoms with Gasteiger partial charge in [-0.15, -0.1) is 0 Å². The zero-order valence-electron chi connectivity index (χ0n) is 10.2. The lowest BCUT2D eigenvalue weighted by molar-refractivity contribution is 0.950. The van der Waals surface area contributed by atoms with Gasteiger partial charge in [0.15, 0.2) is 0 Å². The molecule has 16 heavy (non-hydrogen) atoms. The Balaban J connectivity index is 2.28. The highest BCUT2D eigenvalue weighted by Crippen LogP contribution is 2.23. The van der Waals surface area contributed by atoms with Crippen LogP contribution in [0, 0.1) is 0 Å². The van der Waals surface area contributed by atoms with Crippen LogP contribution in [0.1, 0.15) is 37.8 Å². The fourth-order valence-electron chi connectivity index (χ4n) is 2.19. The van der Waals surface area contributed by atoms with E-state index < -0.39 is 0 Å². The molecule has 0 spiro atoms. The van der Waals surface area contributed by atoms with E-state index in [1.54, 1.807) is 0 Å². The highest BCUT2D eigenvalue weighted by Gasteiger charge is 2.11. The van der Waals surface area contributed by atoms with Crippen LogP contribution in [0.2, 0.25) is 0 Å². The van der Waals surface area contributed by atoms with Crippen molar-refractivity contribution < 1.29 is 0 Å². The van der Waals surface area contributed by atoms with E-state index in [-0.39, 0.29) is 0 Å². The molecule has 0 fully saturated rings. The van der Waals surface area contributed by atoms with Gasteiger partial charge in [-0.2, -0.15) is 0 Å². The fraction of sp³-hybridized carbons (Fsp3) is 0.500. The van der Waals surface area contributed by atoms with Gasteiger partial charge in [0.25, 0.3) is 0 Å². The first-order valence-electron chi connectivity index (χ1n) is 6.26. The van der Waals surface area contributed by atoms with Crippen LogP contribution < -0.4 is 5.32 Å². The summed E-state index contributed by atoms with van der Waals surface area (Å²) in [6.07, 6.45) is 4.44. The summed E-state index contributed by atoms with van der Waals surface area (Å²) in [6, 6.07) is 6.56. The number of amidine groups is 1. The molecule has 1 aliphatic heterocycles. The van der Waals surface area contributed by atoms with Crippen LogP contribution in [0.25, 0.3) is 0 Å². The normalized spacial score (nSPS) is 15.0. The highest BCUT2D eigenvalue weighted by atomic mass is 15.0. The van der Waals surface area contributed by atoms with Gasteiger partial charge in [-0.05, 0) is 30.4 Å². The number of anilines is 1. The van der Waals surface area contributed by atoms with Gasteiger partial charge in [0, 0.05) is 18.7 Å². The third-order valence-corrected chi connectivity index (χ3v) is 3.14. The van der Waals surface area contributed by atoms with E-state index in [0.717, 1.165) is 31.6 Å². The average molecular weight is 216 g/mol. The number of hydrogen-bond donors (Lipinski definition) is 1. The van der Waals surface area contributed by atoms with E-state index in [2.05, 4.69) is 42.4 Å². The van der Waals surface area contributed by atoms with Crippen molar-refractivity contribution in [3.8, 4) is 0 Å². The number of aliphatic imine (C=N–C) groups is 1. The van der Waals surface area contributed by atoms with E-state index >= 15 is 0 Å². The van der Waals surface area contributed by atoms with Crippen molar-refractivity contribution in [2.45, 2.75) is 39.5 Å². The molecular weight excluding hydrogens is 196 g/mol. The lowest BCUT2D eigenvalue weighted by Gasteiger charge is -2.15. The van der Waals surface area contributed by atoms with Crippen LogP contribution >= 0.6 is 0 Å². The smallest absolute Gasteiger partial charge is 0.101 e. The van der Waals surface area contributed by atoms with Gasteiger partial charge in [-0.1, -0.05) is 32.0 Å². The Bertz CT molecular complexity index is 371. The van der Waals surface area contributed by atoms with E-state index in [0.29, 0.717) is 0 Å². The second kappa shape index (κ2) is 5.15. The molecule has 2 heteroatoms. The summed E-state index contributed by atoms with van der Waals surface area (Å²) in [4.78, 5) is 4.49. The second-order valence-electron chi connectivity index (χ2n) is 4.22. The summed E-state index contributed by atoms with van der Waals surface area (Å²) in [5.41, 5.74) is 4.09. The number of aryl methyl sites for hydroxylation is 2. The number of hydrogen-bond acceptors (Lipinski definition) is 2. The van der Waals surface area contributed by atoms with Crippen molar-refractivity contribution in [3.63, 3.8) is 0 Å². The predicted octanol–water partition coefficient (Wildman–Crippen LogP) is 3.42. The van der Waals surface area contributed by atoms with Crippen molar-refractivity contribution in [2.75, 3.05) is 11.9 Å². The fourth-order valence-corrected chi connectivity index (χ4v) is 2.19. The lowest BCUT2D eigenvalue weighted by atomic mass is 10.0. The average Bonchev–Trinajstić information content (AvgIpc) is 2.82. The third kappa shape index (κ3) is 2.26. The molecule has 1 aromatic carbocycles. The van der Waals surface area contributed by atoms with Crippen LogP contribution in [-0.2, 0) is 12.8 Å². The molecule has 2 nitrogen and oxygen atoms in total. The minimum atomic E-state index is 0.984. The van der Waals surface area contributed by atoms with Crippen LogP contribution in [0.15, 0.2) is 23.2 Å². The molecule has 1 N–H and O–H groups in total. The van der Waals surface area contributed by atoms with E-state index in [1.807, 2.05) is 0 Å². The first-order chi connectivity index (χ1) is 7.85. The Labute approximate surface area is 97.8 Å². The molecule has 2 rings (SSSR count). The predicted molar refractivity (Wildman–Crippen MR) is 70.4 cm³/mol. The molecule has 0 aromatic heterocycles. The van der Waals surface area contributed by atoms with Crippen molar-refractivity contribution in [2.24, 2.45) is 4.99 Å². The van der Waals surface area contributed by atoms with Gasteiger partial charge in [-0.25, -0.2) is 0 Å². The Morgan fingerprint density at radius 1 is 1.19 bits per heavy atom. The number of nitrogens with zero attached hydrogens (tertiary/aromatic N) is 1. The molecule has 0 bridgehead atoms. The van der Waals surface area contributed by atoms with Gasteiger partial charge in [0.1, 0.15) is 5.84 Å². The Hall–Kier alpha value is -1.31. The largest absolute Gasteiger partial charge is 0.344 e. The van der Waals surface area contributed by atoms with Crippen LogP contribution in [0.3, 0.4) is 0 Å². The standard InChI is InChI=1S/C14H20N2/c1-3-11-7-5-8-12(4-2)14(11)16-13-9-6-10-15-13/h5,7-8H,3-4,6,9-10H2,1-2H3,(H,15,16). The van der Waals surface area contributed by atoms with Gasteiger partial charge in [-0.3, -0.25) is 4.99 Å². The molecule has 86 valence electrons. The minimum absolute atomic E-state index is 0.984. The minimum Gasteiger partial charge on any atom is -0.344 e. The van der Waals surface area contributed by atoms with Gasteiger partial charge in [0.05, 0.1) is 0 Å². The Morgan fingerprint density at radius 2 is 1.88 bits per heavy atom. The molecule has 0 atom stereocenters. The monoisotopic (exact) mass is 216 g/mol. The summed E-state index contributed by atoms with van der Waals surface area (Å²) in [7, 11) is 0. The maximum Gasteiger partial charge on any atom is 0.101 e.